The first-order valence-corrected chi connectivity index (χ1v) is 8.62. The smallest absolute Gasteiger partial charge is 0.328 e. The lowest BCUT2D eigenvalue weighted by Crippen LogP contribution is -2.58. The van der Waals surface area contributed by atoms with Crippen LogP contribution in [0.1, 0.15) is 33.6 Å². The van der Waals surface area contributed by atoms with Gasteiger partial charge in [0, 0.05) is 6.42 Å². The summed E-state index contributed by atoms with van der Waals surface area (Å²) in [7, 11) is 0. The van der Waals surface area contributed by atoms with E-state index in [1.807, 2.05) is 5.32 Å². The SMILES string of the molecule is CC(C)[C@H](NC(=O)[C@H](C)N)C(=O)N[C@@H](CCC(=O)O)C(=O)N[C@@H](CO)C(=O)O. The fourth-order valence-electron chi connectivity index (χ4n) is 2.08. The van der Waals surface area contributed by atoms with Gasteiger partial charge in [-0.25, -0.2) is 4.79 Å². The van der Waals surface area contributed by atoms with E-state index in [4.69, 9.17) is 21.1 Å². The van der Waals surface area contributed by atoms with Crippen molar-refractivity contribution < 1.29 is 39.3 Å². The van der Waals surface area contributed by atoms with Gasteiger partial charge in [-0.2, -0.15) is 0 Å². The Bertz CT molecular complexity index is 593. The highest BCUT2D eigenvalue weighted by Gasteiger charge is 2.31. The molecule has 0 saturated carbocycles. The average Bonchev–Trinajstić information content (AvgIpc) is 2.59. The highest BCUT2D eigenvalue weighted by atomic mass is 16.4. The average molecular weight is 404 g/mol. The van der Waals surface area contributed by atoms with Gasteiger partial charge >= 0.3 is 11.9 Å². The molecule has 4 atom stereocenters. The molecule has 0 heterocycles. The quantitative estimate of drug-likeness (QED) is 0.181. The molecule has 12 heteroatoms. The standard InChI is InChI=1S/C16H28N4O8/c1-7(2)12(20-13(24)8(3)17)15(26)18-9(4-5-11(22)23)14(25)19-10(6-21)16(27)28/h7-10,12,21H,4-6,17H2,1-3H3,(H,18,26)(H,19,25)(H,20,24)(H,22,23)(H,27,28)/t8-,9-,10-,12-/m0/s1. The predicted molar refractivity (Wildman–Crippen MR) is 95.9 cm³/mol. The van der Waals surface area contributed by atoms with Crippen molar-refractivity contribution in [2.24, 2.45) is 11.7 Å². The lowest BCUT2D eigenvalue weighted by molar-refractivity contribution is -0.144. The molecule has 0 unspecified atom stereocenters. The Balaban J connectivity index is 5.34. The van der Waals surface area contributed by atoms with E-state index in [-0.39, 0.29) is 12.3 Å². The second kappa shape index (κ2) is 11.9. The lowest BCUT2D eigenvalue weighted by atomic mass is 10.0. The highest BCUT2D eigenvalue weighted by molar-refractivity contribution is 5.94. The molecule has 0 aliphatic carbocycles. The molecule has 0 aliphatic heterocycles. The Morgan fingerprint density at radius 3 is 1.79 bits per heavy atom. The van der Waals surface area contributed by atoms with Crippen LogP contribution in [0.2, 0.25) is 0 Å². The first-order valence-electron chi connectivity index (χ1n) is 8.62. The molecule has 0 radical (unpaired) electrons. The van der Waals surface area contributed by atoms with Gasteiger partial charge in [0.2, 0.25) is 17.7 Å². The minimum Gasteiger partial charge on any atom is -0.481 e. The number of nitrogens with two attached hydrogens (primary N) is 1. The third-order valence-electron chi connectivity index (χ3n) is 3.74. The molecule has 0 fully saturated rings. The maximum atomic E-state index is 12.5. The second-order valence-electron chi connectivity index (χ2n) is 6.59. The molecular weight excluding hydrogens is 376 g/mol. The van der Waals surface area contributed by atoms with Crippen LogP contribution in [0.5, 0.6) is 0 Å². The van der Waals surface area contributed by atoms with Crippen LogP contribution in [-0.2, 0) is 24.0 Å². The van der Waals surface area contributed by atoms with Gasteiger partial charge in [0.05, 0.1) is 12.6 Å². The van der Waals surface area contributed by atoms with Crippen molar-refractivity contribution >= 4 is 29.7 Å². The Kier molecular flexibility index (Phi) is 10.7. The van der Waals surface area contributed by atoms with Gasteiger partial charge in [0.25, 0.3) is 0 Å². The summed E-state index contributed by atoms with van der Waals surface area (Å²) in [5.74, 6) is -5.43. The van der Waals surface area contributed by atoms with Crippen molar-refractivity contribution in [2.75, 3.05) is 6.61 Å². The monoisotopic (exact) mass is 404 g/mol. The van der Waals surface area contributed by atoms with E-state index < -0.39 is 66.9 Å². The third-order valence-corrected chi connectivity index (χ3v) is 3.74. The van der Waals surface area contributed by atoms with E-state index in [1.54, 1.807) is 13.8 Å². The van der Waals surface area contributed by atoms with Gasteiger partial charge in [-0.1, -0.05) is 13.8 Å². The van der Waals surface area contributed by atoms with Crippen LogP contribution in [0.15, 0.2) is 0 Å². The molecule has 160 valence electrons. The van der Waals surface area contributed by atoms with Gasteiger partial charge in [0.15, 0.2) is 0 Å². The van der Waals surface area contributed by atoms with Gasteiger partial charge in [-0.05, 0) is 19.3 Å². The first-order chi connectivity index (χ1) is 12.9. The van der Waals surface area contributed by atoms with Crippen LogP contribution in [0.4, 0.5) is 0 Å². The summed E-state index contributed by atoms with van der Waals surface area (Å²) < 4.78 is 0. The van der Waals surface area contributed by atoms with Crippen molar-refractivity contribution in [3.8, 4) is 0 Å². The number of aliphatic carboxylic acids is 2. The fraction of sp³-hybridized carbons (Fsp3) is 0.688. The summed E-state index contributed by atoms with van der Waals surface area (Å²) in [5.41, 5.74) is 5.46. The van der Waals surface area contributed by atoms with Gasteiger partial charge in [-0.3, -0.25) is 19.2 Å². The molecule has 0 aromatic heterocycles. The van der Waals surface area contributed by atoms with Crippen LogP contribution in [0.25, 0.3) is 0 Å². The molecule has 0 aliphatic rings. The summed E-state index contributed by atoms with van der Waals surface area (Å²) in [6.45, 7) is 3.82. The van der Waals surface area contributed by atoms with Crippen molar-refractivity contribution in [1.29, 1.82) is 0 Å². The highest BCUT2D eigenvalue weighted by Crippen LogP contribution is 2.06. The molecular formula is C16H28N4O8. The zero-order valence-corrected chi connectivity index (χ0v) is 16.0. The van der Waals surface area contributed by atoms with E-state index >= 15 is 0 Å². The van der Waals surface area contributed by atoms with Crippen LogP contribution in [-0.4, -0.2) is 75.8 Å². The van der Waals surface area contributed by atoms with Gasteiger partial charge < -0.3 is 37.0 Å². The number of carboxylic acids is 2. The second-order valence-corrected chi connectivity index (χ2v) is 6.59. The van der Waals surface area contributed by atoms with Gasteiger partial charge in [-0.15, -0.1) is 0 Å². The number of carboxylic acid groups (broad SMARTS) is 2. The van der Waals surface area contributed by atoms with E-state index in [0.29, 0.717) is 0 Å². The molecule has 8 N–H and O–H groups in total. The van der Waals surface area contributed by atoms with Gasteiger partial charge in [0.1, 0.15) is 18.1 Å². The number of aliphatic hydroxyl groups excluding tert-OH is 1. The lowest BCUT2D eigenvalue weighted by Gasteiger charge is -2.26. The first kappa shape index (κ1) is 25.3. The Hall–Kier alpha value is -2.73. The zero-order valence-electron chi connectivity index (χ0n) is 16.0. The Morgan fingerprint density at radius 2 is 1.39 bits per heavy atom. The molecule has 0 bridgehead atoms. The maximum Gasteiger partial charge on any atom is 0.328 e. The van der Waals surface area contributed by atoms with Crippen LogP contribution in [0, 0.1) is 5.92 Å². The van der Waals surface area contributed by atoms with E-state index in [1.165, 1.54) is 6.92 Å². The number of carbonyl (C=O) groups is 5. The number of aliphatic hydroxyl groups is 1. The molecule has 3 amide bonds. The molecule has 0 rings (SSSR count). The van der Waals surface area contributed by atoms with Crippen molar-refractivity contribution in [3.63, 3.8) is 0 Å². The number of rotatable bonds is 12. The third kappa shape index (κ3) is 8.77. The summed E-state index contributed by atoms with van der Waals surface area (Å²) >= 11 is 0. The maximum absolute atomic E-state index is 12.5. The van der Waals surface area contributed by atoms with E-state index in [9.17, 15) is 24.0 Å². The van der Waals surface area contributed by atoms with Crippen LogP contribution < -0.4 is 21.7 Å². The van der Waals surface area contributed by atoms with Crippen LogP contribution >= 0.6 is 0 Å². The van der Waals surface area contributed by atoms with Crippen molar-refractivity contribution in [1.82, 2.24) is 16.0 Å². The topological polar surface area (TPSA) is 208 Å². The fourth-order valence-corrected chi connectivity index (χ4v) is 2.08. The summed E-state index contributed by atoms with van der Waals surface area (Å²) in [5, 5.41) is 33.5. The Morgan fingerprint density at radius 1 is 0.857 bits per heavy atom. The minimum absolute atomic E-state index is 0.323. The molecule has 0 spiro atoms. The number of nitrogens with one attached hydrogen (secondary N) is 3. The normalized spacial score (nSPS) is 15.1. The zero-order chi connectivity index (χ0) is 22.0. The predicted octanol–water partition coefficient (Wildman–Crippen LogP) is -2.61. The number of hydrogen-bond acceptors (Lipinski definition) is 7. The molecule has 12 nitrogen and oxygen atoms in total. The number of hydrogen-bond donors (Lipinski definition) is 7. The number of amides is 3. The Labute approximate surface area is 161 Å². The molecule has 28 heavy (non-hydrogen) atoms. The minimum atomic E-state index is -1.62. The van der Waals surface area contributed by atoms with E-state index in [0.717, 1.165) is 0 Å². The van der Waals surface area contributed by atoms with E-state index in [2.05, 4.69) is 10.6 Å². The van der Waals surface area contributed by atoms with Crippen molar-refractivity contribution in [3.05, 3.63) is 0 Å². The summed E-state index contributed by atoms with van der Waals surface area (Å²) in [6.07, 6.45) is -0.801. The van der Waals surface area contributed by atoms with Crippen molar-refractivity contribution in [2.45, 2.75) is 57.8 Å². The number of carbonyl (C=O) groups excluding carboxylic acids is 3. The summed E-state index contributed by atoms with van der Waals surface area (Å²) in [4.78, 5) is 58.4. The van der Waals surface area contributed by atoms with Crippen LogP contribution in [0.3, 0.4) is 0 Å². The molecule has 0 saturated heterocycles. The largest absolute Gasteiger partial charge is 0.481 e. The summed E-state index contributed by atoms with van der Waals surface area (Å²) in [6, 6.07) is -4.92. The molecule has 0 aromatic rings. The molecule has 0 aromatic carbocycles.